The number of anilines is 1. The fraction of sp³-hybridized carbons (Fsp3) is 0.545. The Morgan fingerprint density at radius 1 is 1.25 bits per heavy atom. The Bertz CT molecular complexity index is 835. The van der Waals surface area contributed by atoms with Gasteiger partial charge >= 0.3 is 5.97 Å². The van der Waals surface area contributed by atoms with Crippen LogP contribution in [0.25, 0.3) is 10.9 Å². The molecule has 1 aromatic carbocycles. The number of rotatable bonds is 5. The molecule has 2 saturated heterocycles. The number of morpholine rings is 1. The lowest BCUT2D eigenvalue weighted by Gasteiger charge is -2.46. The van der Waals surface area contributed by atoms with Crippen LogP contribution in [0, 0.1) is 12.8 Å². The molecule has 0 unspecified atom stereocenters. The molecule has 1 aromatic heterocycles. The average molecular weight is 383 g/mol. The number of carboxylic acid groups (broad SMARTS) is 1. The minimum atomic E-state index is -0.706. The van der Waals surface area contributed by atoms with Crippen molar-refractivity contribution in [2.45, 2.75) is 32.2 Å². The number of pyridine rings is 1. The third-order valence-corrected chi connectivity index (χ3v) is 6.10. The SMILES string of the molecule is Cc1cc(N2CC[C@H](N3CCOCC3)[C@H](CCC(=O)O)C2)c2ccccc2n1. The zero-order valence-corrected chi connectivity index (χ0v) is 16.5. The summed E-state index contributed by atoms with van der Waals surface area (Å²) in [4.78, 5) is 20.9. The van der Waals surface area contributed by atoms with Crippen molar-refractivity contribution >= 4 is 22.6 Å². The molecule has 2 atom stereocenters. The van der Waals surface area contributed by atoms with Gasteiger partial charge in [-0.05, 0) is 37.8 Å². The smallest absolute Gasteiger partial charge is 0.303 e. The minimum absolute atomic E-state index is 0.232. The molecule has 0 saturated carbocycles. The first-order valence-corrected chi connectivity index (χ1v) is 10.3. The Labute approximate surface area is 166 Å². The molecule has 0 aliphatic carbocycles. The fourth-order valence-corrected chi connectivity index (χ4v) is 4.77. The van der Waals surface area contributed by atoms with Crippen LogP contribution in [0.2, 0.25) is 0 Å². The Kier molecular flexibility index (Phi) is 5.78. The Morgan fingerprint density at radius 2 is 2.04 bits per heavy atom. The number of fused-ring (bicyclic) bond motifs is 1. The first-order chi connectivity index (χ1) is 13.6. The summed E-state index contributed by atoms with van der Waals surface area (Å²) in [5, 5.41) is 10.4. The highest BCUT2D eigenvalue weighted by Crippen LogP contribution is 2.33. The second-order valence-electron chi connectivity index (χ2n) is 7.94. The quantitative estimate of drug-likeness (QED) is 0.856. The molecule has 28 heavy (non-hydrogen) atoms. The summed E-state index contributed by atoms with van der Waals surface area (Å²) in [7, 11) is 0. The standard InChI is InChI=1S/C22H29N3O3/c1-16-14-21(18-4-2-3-5-19(18)23-16)25-9-8-20(24-10-12-28-13-11-24)17(15-25)6-7-22(26)27/h2-5,14,17,20H,6-13,15H2,1H3,(H,26,27)/t17-,20+/m1/s1. The molecular formula is C22H29N3O3. The van der Waals surface area contributed by atoms with E-state index < -0.39 is 5.97 Å². The number of nitrogens with zero attached hydrogens (tertiary/aromatic N) is 3. The predicted octanol–water partition coefficient (Wildman–Crippen LogP) is 2.94. The molecule has 2 aromatic rings. The van der Waals surface area contributed by atoms with Crippen LogP contribution in [-0.4, -0.2) is 66.4 Å². The van der Waals surface area contributed by atoms with E-state index in [0.717, 1.165) is 63.4 Å². The molecule has 0 amide bonds. The van der Waals surface area contributed by atoms with Gasteiger partial charge in [0.25, 0.3) is 0 Å². The van der Waals surface area contributed by atoms with E-state index in [1.807, 2.05) is 13.0 Å². The molecule has 150 valence electrons. The monoisotopic (exact) mass is 383 g/mol. The number of piperidine rings is 1. The van der Waals surface area contributed by atoms with Crippen LogP contribution in [0.1, 0.15) is 25.0 Å². The molecule has 4 rings (SSSR count). The lowest BCUT2D eigenvalue weighted by molar-refractivity contribution is -0.137. The van der Waals surface area contributed by atoms with Crippen LogP contribution in [0.5, 0.6) is 0 Å². The molecule has 0 bridgehead atoms. The zero-order chi connectivity index (χ0) is 19.5. The van der Waals surface area contributed by atoms with Crippen molar-refractivity contribution in [1.82, 2.24) is 9.88 Å². The largest absolute Gasteiger partial charge is 0.481 e. The molecule has 2 aliphatic heterocycles. The highest BCUT2D eigenvalue weighted by atomic mass is 16.5. The summed E-state index contributed by atoms with van der Waals surface area (Å²) in [6, 6.07) is 10.9. The number of hydrogen-bond acceptors (Lipinski definition) is 5. The number of carbonyl (C=O) groups is 1. The van der Waals surface area contributed by atoms with Gasteiger partial charge in [0.2, 0.25) is 0 Å². The van der Waals surface area contributed by atoms with Crippen molar-refractivity contribution in [2.24, 2.45) is 5.92 Å². The van der Waals surface area contributed by atoms with Gasteiger partial charge in [-0.3, -0.25) is 14.7 Å². The van der Waals surface area contributed by atoms with E-state index in [1.54, 1.807) is 0 Å². The Morgan fingerprint density at radius 3 is 2.82 bits per heavy atom. The third-order valence-electron chi connectivity index (χ3n) is 6.10. The van der Waals surface area contributed by atoms with E-state index in [9.17, 15) is 9.90 Å². The number of benzene rings is 1. The van der Waals surface area contributed by atoms with Gasteiger partial charge in [-0.15, -0.1) is 0 Å². The van der Waals surface area contributed by atoms with Crippen molar-refractivity contribution in [3.8, 4) is 0 Å². The molecule has 0 spiro atoms. The molecule has 3 heterocycles. The average Bonchev–Trinajstić information content (AvgIpc) is 2.72. The number of aryl methyl sites for hydroxylation is 1. The molecule has 6 nitrogen and oxygen atoms in total. The van der Waals surface area contributed by atoms with Crippen molar-refractivity contribution in [2.75, 3.05) is 44.3 Å². The van der Waals surface area contributed by atoms with Crippen LogP contribution in [0.15, 0.2) is 30.3 Å². The highest BCUT2D eigenvalue weighted by molar-refractivity contribution is 5.92. The number of carboxylic acids is 1. The summed E-state index contributed by atoms with van der Waals surface area (Å²) in [5.74, 6) is -0.363. The maximum atomic E-state index is 11.2. The number of aliphatic carboxylic acids is 1. The second-order valence-corrected chi connectivity index (χ2v) is 7.94. The first kappa shape index (κ1) is 19.2. The third kappa shape index (κ3) is 4.13. The molecule has 2 fully saturated rings. The van der Waals surface area contributed by atoms with E-state index in [2.05, 4.69) is 39.0 Å². The number of para-hydroxylation sites is 1. The zero-order valence-electron chi connectivity index (χ0n) is 16.5. The second kappa shape index (κ2) is 8.45. The van der Waals surface area contributed by atoms with Gasteiger partial charge in [-0.2, -0.15) is 0 Å². The highest BCUT2D eigenvalue weighted by Gasteiger charge is 2.34. The van der Waals surface area contributed by atoms with Gasteiger partial charge in [-0.1, -0.05) is 18.2 Å². The normalized spacial score (nSPS) is 23.8. The predicted molar refractivity (Wildman–Crippen MR) is 110 cm³/mol. The minimum Gasteiger partial charge on any atom is -0.481 e. The van der Waals surface area contributed by atoms with Gasteiger partial charge in [0.05, 0.1) is 18.7 Å². The maximum absolute atomic E-state index is 11.2. The maximum Gasteiger partial charge on any atom is 0.303 e. The van der Waals surface area contributed by atoms with Gasteiger partial charge in [0.15, 0.2) is 0 Å². The molecular weight excluding hydrogens is 354 g/mol. The summed E-state index contributed by atoms with van der Waals surface area (Å²) in [6.45, 7) is 7.37. The number of ether oxygens (including phenoxy) is 1. The first-order valence-electron chi connectivity index (χ1n) is 10.3. The van der Waals surface area contributed by atoms with Crippen molar-refractivity contribution in [3.63, 3.8) is 0 Å². The number of aromatic nitrogens is 1. The van der Waals surface area contributed by atoms with E-state index >= 15 is 0 Å². The molecule has 0 radical (unpaired) electrons. The van der Waals surface area contributed by atoms with Crippen molar-refractivity contribution in [1.29, 1.82) is 0 Å². The Hall–Kier alpha value is -2.18. The number of hydrogen-bond donors (Lipinski definition) is 1. The summed E-state index contributed by atoms with van der Waals surface area (Å²) < 4.78 is 5.52. The molecule has 2 aliphatic rings. The van der Waals surface area contributed by atoms with Crippen LogP contribution >= 0.6 is 0 Å². The van der Waals surface area contributed by atoms with Gasteiger partial charge < -0.3 is 14.7 Å². The van der Waals surface area contributed by atoms with Crippen molar-refractivity contribution < 1.29 is 14.6 Å². The van der Waals surface area contributed by atoms with Gasteiger partial charge in [-0.25, -0.2) is 0 Å². The summed E-state index contributed by atoms with van der Waals surface area (Å²) in [5.41, 5.74) is 3.27. The van der Waals surface area contributed by atoms with Gasteiger partial charge in [0.1, 0.15) is 0 Å². The van der Waals surface area contributed by atoms with E-state index in [4.69, 9.17) is 4.74 Å². The lowest BCUT2D eigenvalue weighted by Crippen LogP contribution is -2.54. The van der Waals surface area contributed by atoms with Crippen LogP contribution in [0.4, 0.5) is 5.69 Å². The summed E-state index contributed by atoms with van der Waals surface area (Å²) in [6.07, 6.45) is 2.01. The lowest BCUT2D eigenvalue weighted by atomic mass is 9.86. The Balaban J connectivity index is 1.59. The van der Waals surface area contributed by atoms with Gasteiger partial charge in [0, 0.05) is 55.4 Å². The van der Waals surface area contributed by atoms with E-state index in [-0.39, 0.29) is 6.42 Å². The topological polar surface area (TPSA) is 65.9 Å². The van der Waals surface area contributed by atoms with Crippen molar-refractivity contribution in [3.05, 3.63) is 36.0 Å². The fourth-order valence-electron chi connectivity index (χ4n) is 4.77. The van der Waals surface area contributed by atoms with Crippen LogP contribution < -0.4 is 4.90 Å². The van der Waals surface area contributed by atoms with Crippen LogP contribution in [0.3, 0.4) is 0 Å². The molecule has 6 heteroatoms. The van der Waals surface area contributed by atoms with Crippen LogP contribution in [-0.2, 0) is 9.53 Å². The van der Waals surface area contributed by atoms with E-state index in [1.165, 1.54) is 11.1 Å². The van der Waals surface area contributed by atoms with E-state index in [0.29, 0.717) is 12.0 Å². The molecule has 1 N–H and O–H groups in total. The summed E-state index contributed by atoms with van der Waals surface area (Å²) >= 11 is 0.